The van der Waals surface area contributed by atoms with Crippen LogP contribution < -0.4 is 5.32 Å². The summed E-state index contributed by atoms with van der Waals surface area (Å²) in [6.07, 6.45) is 1.90. The Labute approximate surface area is 147 Å². The van der Waals surface area contributed by atoms with Gasteiger partial charge in [-0.05, 0) is 54.2 Å². The van der Waals surface area contributed by atoms with Crippen molar-refractivity contribution in [2.75, 3.05) is 5.32 Å². The molecule has 3 aliphatic rings. The number of amides is 1. The molecule has 2 spiro atoms. The molecule has 1 N–H and O–H groups in total. The molecule has 0 unspecified atom stereocenters. The first kappa shape index (κ1) is 15.8. The minimum Gasteiger partial charge on any atom is -0.308 e. The van der Waals surface area contributed by atoms with E-state index in [1.54, 1.807) is 6.20 Å². The van der Waals surface area contributed by atoms with Crippen LogP contribution in [0, 0.1) is 16.7 Å². The number of rotatable bonds is 4. The Bertz CT molecular complexity index is 861. The lowest BCUT2D eigenvalue weighted by atomic mass is 10.1. The predicted octanol–water partition coefficient (Wildman–Crippen LogP) is 3.47. The van der Waals surface area contributed by atoms with Gasteiger partial charge in [-0.25, -0.2) is 4.68 Å². The number of aromatic nitrogens is 3. The van der Waals surface area contributed by atoms with Crippen LogP contribution in [0.2, 0.25) is 0 Å². The zero-order chi connectivity index (χ0) is 18.2. The van der Waals surface area contributed by atoms with Crippen molar-refractivity contribution in [3.63, 3.8) is 0 Å². The third-order valence-electron chi connectivity index (χ3n) is 6.27. The van der Waals surface area contributed by atoms with Crippen molar-refractivity contribution < 1.29 is 18.0 Å². The molecule has 0 aliphatic heterocycles. The maximum absolute atomic E-state index is 12.6. The molecule has 5 nitrogen and oxygen atoms in total. The number of benzene rings is 1. The highest BCUT2D eigenvalue weighted by atomic mass is 19.4. The normalized spacial score (nSPS) is 21.8. The molecule has 3 saturated carbocycles. The second-order valence-corrected chi connectivity index (χ2v) is 7.73. The van der Waals surface area contributed by atoms with Crippen LogP contribution >= 0.6 is 0 Å². The Hall–Kier alpha value is -2.38. The van der Waals surface area contributed by atoms with Gasteiger partial charge in [-0.1, -0.05) is 17.3 Å². The van der Waals surface area contributed by atoms with Crippen molar-refractivity contribution in [1.82, 2.24) is 15.0 Å². The van der Waals surface area contributed by atoms with Crippen molar-refractivity contribution in [2.24, 2.45) is 16.7 Å². The van der Waals surface area contributed by atoms with Crippen LogP contribution in [0.15, 0.2) is 30.5 Å². The second-order valence-electron chi connectivity index (χ2n) is 7.73. The number of hydrogen-bond acceptors (Lipinski definition) is 3. The molecule has 0 saturated heterocycles. The molecule has 1 aromatic carbocycles. The van der Waals surface area contributed by atoms with Crippen LogP contribution in [-0.4, -0.2) is 20.9 Å². The van der Waals surface area contributed by atoms with Gasteiger partial charge in [-0.15, -0.1) is 5.10 Å². The standard InChI is InChI=1S/C18H17F3N4O/c19-18(20,21)12-3-1-11(2-4-12)9-25-10-13(23-24-25)22-15(26)14-16(5-6-16)17(14)7-8-17/h1-4,10,14H,5-9H2,(H,22,26). The summed E-state index contributed by atoms with van der Waals surface area (Å²) in [5.41, 5.74) is 0.567. The van der Waals surface area contributed by atoms with Gasteiger partial charge in [0.1, 0.15) is 0 Å². The van der Waals surface area contributed by atoms with Gasteiger partial charge in [0.25, 0.3) is 0 Å². The molecule has 2 aromatic rings. The average molecular weight is 362 g/mol. The maximum atomic E-state index is 12.6. The number of hydrogen-bond donors (Lipinski definition) is 1. The summed E-state index contributed by atoms with van der Waals surface area (Å²) in [6.45, 7) is 0.290. The minimum atomic E-state index is -4.34. The molecule has 1 heterocycles. The van der Waals surface area contributed by atoms with E-state index in [2.05, 4.69) is 15.6 Å². The summed E-state index contributed by atoms with van der Waals surface area (Å²) >= 11 is 0. The Morgan fingerprint density at radius 1 is 1.15 bits per heavy atom. The third-order valence-corrected chi connectivity index (χ3v) is 6.27. The number of nitrogens with one attached hydrogen (secondary N) is 1. The zero-order valence-corrected chi connectivity index (χ0v) is 13.9. The number of carbonyl (C=O) groups is 1. The zero-order valence-electron chi connectivity index (χ0n) is 13.9. The van der Waals surface area contributed by atoms with Crippen molar-refractivity contribution in [1.29, 1.82) is 0 Å². The van der Waals surface area contributed by atoms with Gasteiger partial charge in [-0.2, -0.15) is 13.2 Å². The monoisotopic (exact) mass is 362 g/mol. The lowest BCUT2D eigenvalue weighted by Crippen LogP contribution is -2.16. The molecule has 0 bridgehead atoms. The van der Waals surface area contributed by atoms with Crippen molar-refractivity contribution in [2.45, 2.75) is 38.4 Å². The summed E-state index contributed by atoms with van der Waals surface area (Å²) in [5.74, 6) is 0.539. The average Bonchev–Trinajstić information content (AvgIpc) is 3.52. The molecular formula is C18H17F3N4O. The van der Waals surface area contributed by atoms with Crippen LogP contribution in [-0.2, 0) is 17.5 Å². The van der Waals surface area contributed by atoms with E-state index in [9.17, 15) is 18.0 Å². The number of anilines is 1. The SMILES string of the molecule is O=C(Nc1cn(Cc2ccc(C(F)(F)F)cc2)nn1)C1C2(CC2)C12CC2. The van der Waals surface area contributed by atoms with E-state index in [4.69, 9.17) is 0 Å². The molecule has 0 atom stereocenters. The highest BCUT2D eigenvalue weighted by Crippen LogP contribution is 2.92. The molecule has 3 fully saturated rings. The van der Waals surface area contributed by atoms with Crippen LogP contribution in [0.5, 0.6) is 0 Å². The summed E-state index contributed by atoms with van der Waals surface area (Å²) < 4.78 is 39.3. The molecule has 5 rings (SSSR count). The van der Waals surface area contributed by atoms with Crippen LogP contribution in [0.1, 0.15) is 36.8 Å². The topological polar surface area (TPSA) is 59.8 Å². The fourth-order valence-corrected chi connectivity index (χ4v) is 4.70. The van der Waals surface area contributed by atoms with Gasteiger partial charge in [-0.3, -0.25) is 4.79 Å². The fraction of sp³-hybridized carbons (Fsp3) is 0.500. The molecule has 3 aliphatic carbocycles. The first-order chi connectivity index (χ1) is 12.3. The van der Waals surface area contributed by atoms with Crippen molar-refractivity contribution in [3.05, 3.63) is 41.6 Å². The van der Waals surface area contributed by atoms with E-state index in [-0.39, 0.29) is 29.2 Å². The van der Waals surface area contributed by atoms with E-state index < -0.39 is 11.7 Å². The highest BCUT2D eigenvalue weighted by molar-refractivity contribution is 5.96. The maximum Gasteiger partial charge on any atom is 0.416 e. The second kappa shape index (κ2) is 4.86. The molecule has 26 heavy (non-hydrogen) atoms. The van der Waals surface area contributed by atoms with E-state index in [0.29, 0.717) is 11.4 Å². The van der Waals surface area contributed by atoms with Gasteiger partial charge in [0.15, 0.2) is 5.82 Å². The third kappa shape index (κ3) is 2.27. The first-order valence-electron chi connectivity index (χ1n) is 8.71. The molecule has 136 valence electrons. The van der Waals surface area contributed by atoms with Crippen molar-refractivity contribution in [3.8, 4) is 0 Å². The summed E-state index contributed by atoms with van der Waals surface area (Å²) in [7, 11) is 0. The number of halogens is 3. The predicted molar refractivity (Wildman–Crippen MR) is 86.0 cm³/mol. The molecular weight excluding hydrogens is 345 g/mol. The largest absolute Gasteiger partial charge is 0.416 e. The van der Waals surface area contributed by atoms with E-state index >= 15 is 0 Å². The van der Waals surface area contributed by atoms with E-state index in [1.807, 2.05) is 0 Å². The van der Waals surface area contributed by atoms with Crippen LogP contribution in [0.3, 0.4) is 0 Å². The smallest absolute Gasteiger partial charge is 0.308 e. The van der Waals surface area contributed by atoms with Gasteiger partial charge < -0.3 is 5.32 Å². The summed E-state index contributed by atoms with van der Waals surface area (Å²) in [6, 6.07) is 4.93. The Balaban J connectivity index is 1.22. The lowest BCUT2D eigenvalue weighted by molar-refractivity contribution is -0.137. The number of alkyl halides is 3. The van der Waals surface area contributed by atoms with E-state index in [0.717, 1.165) is 37.8 Å². The Kier molecular flexibility index (Phi) is 2.96. The van der Waals surface area contributed by atoms with E-state index in [1.165, 1.54) is 16.8 Å². The van der Waals surface area contributed by atoms with Gasteiger partial charge in [0.05, 0.1) is 24.2 Å². The van der Waals surface area contributed by atoms with Gasteiger partial charge >= 0.3 is 6.18 Å². The fourth-order valence-electron chi connectivity index (χ4n) is 4.70. The Morgan fingerprint density at radius 2 is 1.77 bits per heavy atom. The molecule has 1 amide bonds. The number of nitrogens with zero attached hydrogens (tertiary/aromatic N) is 3. The molecule has 8 heteroatoms. The number of carbonyl (C=O) groups excluding carboxylic acids is 1. The summed E-state index contributed by atoms with van der Waals surface area (Å²) in [5, 5.41) is 10.8. The highest BCUT2D eigenvalue weighted by Gasteiger charge is 2.88. The van der Waals surface area contributed by atoms with Gasteiger partial charge in [0, 0.05) is 0 Å². The van der Waals surface area contributed by atoms with Crippen molar-refractivity contribution >= 4 is 11.7 Å². The van der Waals surface area contributed by atoms with Crippen LogP contribution in [0.25, 0.3) is 0 Å². The molecule has 0 radical (unpaired) electrons. The summed E-state index contributed by atoms with van der Waals surface area (Å²) in [4.78, 5) is 12.5. The first-order valence-corrected chi connectivity index (χ1v) is 8.71. The Morgan fingerprint density at radius 3 is 2.31 bits per heavy atom. The van der Waals surface area contributed by atoms with Crippen LogP contribution in [0.4, 0.5) is 19.0 Å². The lowest BCUT2D eigenvalue weighted by Gasteiger charge is -2.07. The number of fused-ring (bicyclic) bond motifs is 1. The molecule has 1 aromatic heterocycles. The van der Waals surface area contributed by atoms with Gasteiger partial charge in [0.2, 0.25) is 5.91 Å². The minimum absolute atomic E-state index is 0.0292. The quantitative estimate of drug-likeness (QED) is 0.906.